The number of Topliss-reactive ketones (excluding diaryl/α,β-unsaturated/α-hetero) is 1. The van der Waals surface area contributed by atoms with E-state index in [2.05, 4.69) is 5.10 Å². The van der Waals surface area contributed by atoms with Crippen molar-refractivity contribution in [2.45, 2.75) is 19.8 Å². The highest BCUT2D eigenvalue weighted by molar-refractivity contribution is 5.82. The van der Waals surface area contributed by atoms with E-state index in [4.69, 9.17) is 0 Å². The average molecular weight is 246 g/mol. The lowest BCUT2D eigenvalue weighted by Gasteiger charge is -2.02. The van der Waals surface area contributed by atoms with Crippen LogP contribution in [0.3, 0.4) is 0 Å². The molecule has 0 aliphatic heterocycles. The Labute approximate surface area is 105 Å². The van der Waals surface area contributed by atoms with E-state index < -0.39 is 0 Å². The van der Waals surface area contributed by atoms with Crippen molar-refractivity contribution < 1.29 is 9.18 Å². The van der Waals surface area contributed by atoms with Crippen LogP contribution in [-0.4, -0.2) is 15.6 Å². The van der Waals surface area contributed by atoms with Crippen LogP contribution in [0.25, 0.3) is 0 Å². The van der Waals surface area contributed by atoms with E-state index in [1.54, 1.807) is 16.8 Å². The SMILES string of the molecule is Cc1cc(CC(=O)Cc2cccc(F)c2)n(C)n1. The standard InChI is InChI=1S/C14H15FN2O/c1-10-6-13(17(2)16-10)9-14(18)8-11-4-3-5-12(15)7-11/h3-7H,8-9H2,1-2H3. The minimum Gasteiger partial charge on any atom is -0.299 e. The zero-order valence-electron chi connectivity index (χ0n) is 10.5. The van der Waals surface area contributed by atoms with Crippen molar-refractivity contribution in [3.8, 4) is 0 Å². The molecule has 1 heterocycles. The largest absolute Gasteiger partial charge is 0.299 e. The van der Waals surface area contributed by atoms with Gasteiger partial charge in [0, 0.05) is 25.6 Å². The molecule has 2 aromatic rings. The first kappa shape index (κ1) is 12.5. The maximum Gasteiger partial charge on any atom is 0.143 e. The van der Waals surface area contributed by atoms with E-state index in [1.807, 2.05) is 20.0 Å². The summed E-state index contributed by atoms with van der Waals surface area (Å²) in [7, 11) is 1.82. The monoisotopic (exact) mass is 246 g/mol. The topological polar surface area (TPSA) is 34.9 Å². The van der Waals surface area contributed by atoms with E-state index >= 15 is 0 Å². The zero-order chi connectivity index (χ0) is 13.1. The molecule has 4 heteroatoms. The Bertz CT molecular complexity index is 575. The van der Waals surface area contributed by atoms with Gasteiger partial charge < -0.3 is 0 Å². The lowest BCUT2D eigenvalue weighted by molar-refractivity contribution is -0.117. The summed E-state index contributed by atoms with van der Waals surface area (Å²) >= 11 is 0. The van der Waals surface area contributed by atoms with E-state index in [0.29, 0.717) is 12.0 Å². The van der Waals surface area contributed by atoms with Crippen LogP contribution in [0.4, 0.5) is 4.39 Å². The summed E-state index contributed by atoms with van der Waals surface area (Å²) in [4.78, 5) is 11.9. The van der Waals surface area contributed by atoms with E-state index in [1.165, 1.54) is 12.1 Å². The van der Waals surface area contributed by atoms with Gasteiger partial charge in [-0.25, -0.2) is 4.39 Å². The Balaban J connectivity index is 2.03. The third-order valence-electron chi connectivity index (χ3n) is 2.77. The molecule has 0 unspecified atom stereocenters. The summed E-state index contributed by atoms with van der Waals surface area (Å²) in [5.41, 5.74) is 2.49. The fraction of sp³-hybridized carbons (Fsp3) is 0.286. The molecule has 0 radical (unpaired) electrons. The Morgan fingerprint density at radius 3 is 2.72 bits per heavy atom. The number of aromatic nitrogens is 2. The van der Waals surface area contributed by atoms with Crippen LogP contribution in [0.1, 0.15) is 17.0 Å². The number of halogens is 1. The fourth-order valence-corrected chi connectivity index (χ4v) is 1.97. The van der Waals surface area contributed by atoms with Crippen LogP contribution >= 0.6 is 0 Å². The summed E-state index contributed by atoms with van der Waals surface area (Å²) in [5.74, 6) is -0.250. The number of nitrogens with zero attached hydrogens (tertiary/aromatic N) is 2. The van der Waals surface area contributed by atoms with Crippen molar-refractivity contribution in [3.05, 3.63) is 53.1 Å². The van der Waals surface area contributed by atoms with Gasteiger partial charge in [0.25, 0.3) is 0 Å². The molecule has 0 aliphatic carbocycles. The molecule has 2 rings (SSSR count). The molecule has 0 saturated carbocycles. The molecular formula is C14H15FN2O. The number of carbonyl (C=O) groups excluding carboxylic acids is 1. The molecule has 0 bridgehead atoms. The summed E-state index contributed by atoms with van der Waals surface area (Å²) in [5, 5.41) is 4.19. The normalized spacial score (nSPS) is 10.6. The number of hydrogen-bond acceptors (Lipinski definition) is 2. The molecule has 0 amide bonds. The number of carbonyl (C=O) groups is 1. The smallest absolute Gasteiger partial charge is 0.143 e. The first-order valence-corrected chi connectivity index (χ1v) is 5.80. The molecule has 94 valence electrons. The van der Waals surface area contributed by atoms with Gasteiger partial charge in [-0.05, 0) is 30.7 Å². The third-order valence-corrected chi connectivity index (χ3v) is 2.77. The summed E-state index contributed by atoms with van der Waals surface area (Å²) in [6.07, 6.45) is 0.579. The fourth-order valence-electron chi connectivity index (χ4n) is 1.97. The Morgan fingerprint density at radius 1 is 1.33 bits per heavy atom. The minimum absolute atomic E-state index is 0.0589. The van der Waals surface area contributed by atoms with Crippen LogP contribution < -0.4 is 0 Å². The predicted molar refractivity (Wildman–Crippen MR) is 66.8 cm³/mol. The van der Waals surface area contributed by atoms with E-state index in [0.717, 1.165) is 11.4 Å². The summed E-state index contributed by atoms with van der Waals surface area (Å²) in [6, 6.07) is 8.04. The van der Waals surface area contributed by atoms with Crippen molar-refractivity contribution in [1.29, 1.82) is 0 Å². The maximum atomic E-state index is 13.0. The van der Waals surface area contributed by atoms with Crippen molar-refractivity contribution in [3.63, 3.8) is 0 Å². The van der Waals surface area contributed by atoms with Crippen LogP contribution in [-0.2, 0) is 24.7 Å². The molecule has 0 fully saturated rings. The van der Waals surface area contributed by atoms with Gasteiger partial charge >= 0.3 is 0 Å². The van der Waals surface area contributed by atoms with Crippen molar-refractivity contribution in [1.82, 2.24) is 9.78 Å². The molecule has 0 N–H and O–H groups in total. The molecule has 18 heavy (non-hydrogen) atoms. The number of ketones is 1. The molecule has 0 atom stereocenters. The van der Waals surface area contributed by atoms with Crippen LogP contribution in [0.15, 0.2) is 30.3 Å². The van der Waals surface area contributed by atoms with E-state index in [9.17, 15) is 9.18 Å². The number of benzene rings is 1. The van der Waals surface area contributed by atoms with Crippen molar-refractivity contribution in [2.75, 3.05) is 0 Å². The van der Waals surface area contributed by atoms with E-state index in [-0.39, 0.29) is 18.0 Å². The first-order valence-electron chi connectivity index (χ1n) is 5.80. The molecule has 0 spiro atoms. The van der Waals surface area contributed by atoms with Gasteiger partial charge in [0.15, 0.2) is 0 Å². The lowest BCUT2D eigenvalue weighted by Crippen LogP contribution is -2.10. The number of aryl methyl sites for hydroxylation is 2. The Morgan fingerprint density at radius 2 is 2.11 bits per heavy atom. The summed E-state index contributed by atoms with van der Waals surface area (Å²) < 4.78 is 14.7. The Hall–Kier alpha value is -1.97. The van der Waals surface area contributed by atoms with Gasteiger partial charge in [-0.2, -0.15) is 5.10 Å². The molecular weight excluding hydrogens is 231 g/mol. The molecule has 0 saturated heterocycles. The van der Waals surface area contributed by atoms with Crippen LogP contribution in [0.2, 0.25) is 0 Å². The second kappa shape index (κ2) is 5.12. The first-order chi connectivity index (χ1) is 8.54. The zero-order valence-corrected chi connectivity index (χ0v) is 10.5. The molecule has 1 aromatic heterocycles. The number of rotatable bonds is 4. The van der Waals surface area contributed by atoms with Gasteiger partial charge in [-0.1, -0.05) is 12.1 Å². The van der Waals surface area contributed by atoms with Gasteiger partial charge in [-0.15, -0.1) is 0 Å². The van der Waals surface area contributed by atoms with Crippen LogP contribution in [0, 0.1) is 12.7 Å². The Kier molecular flexibility index (Phi) is 3.55. The van der Waals surface area contributed by atoms with Gasteiger partial charge in [0.1, 0.15) is 11.6 Å². The molecule has 3 nitrogen and oxygen atoms in total. The third kappa shape index (κ3) is 3.03. The molecule has 1 aromatic carbocycles. The van der Waals surface area contributed by atoms with Gasteiger partial charge in [0.2, 0.25) is 0 Å². The quantitative estimate of drug-likeness (QED) is 0.829. The lowest BCUT2D eigenvalue weighted by atomic mass is 10.1. The summed E-state index contributed by atoms with van der Waals surface area (Å²) in [6.45, 7) is 1.89. The van der Waals surface area contributed by atoms with Gasteiger partial charge in [0.05, 0.1) is 5.69 Å². The second-order valence-electron chi connectivity index (χ2n) is 4.42. The minimum atomic E-state index is -0.309. The average Bonchev–Trinajstić information content (AvgIpc) is 2.57. The highest BCUT2D eigenvalue weighted by atomic mass is 19.1. The molecule has 0 aliphatic rings. The van der Waals surface area contributed by atoms with Gasteiger partial charge in [-0.3, -0.25) is 9.48 Å². The highest BCUT2D eigenvalue weighted by Crippen LogP contribution is 2.08. The van der Waals surface area contributed by atoms with Crippen molar-refractivity contribution >= 4 is 5.78 Å². The second-order valence-corrected chi connectivity index (χ2v) is 4.42. The van der Waals surface area contributed by atoms with Crippen LogP contribution in [0.5, 0.6) is 0 Å². The van der Waals surface area contributed by atoms with Crippen molar-refractivity contribution in [2.24, 2.45) is 7.05 Å². The number of hydrogen-bond donors (Lipinski definition) is 0. The highest BCUT2D eigenvalue weighted by Gasteiger charge is 2.09. The maximum absolute atomic E-state index is 13.0. The predicted octanol–water partition coefficient (Wildman–Crippen LogP) is 2.22.